The van der Waals surface area contributed by atoms with E-state index in [9.17, 15) is 14.4 Å². The van der Waals surface area contributed by atoms with E-state index in [0.717, 1.165) is 0 Å². The van der Waals surface area contributed by atoms with E-state index < -0.39 is 18.0 Å². The summed E-state index contributed by atoms with van der Waals surface area (Å²) in [4.78, 5) is 35.6. The standard InChI is InChI=1S/C18H20N4O3/c1-12(20-15-10-6-7-13(11-15)17(24)19-2)16(23)22-18(25)21-14-8-4-3-5-9-14/h3-12,20H,1-2H3,(H,19,24)(H2,21,22,23,25). The molecule has 0 aliphatic heterocycles. The van der Waals surface area contributed by atoms with Gasteiger partial charge in [-0.25, -0.2) is 4.79 Å². The highest BCUT2D eigenvalue weighted by molar-refractivity contribution is 6.03. The Morgan fingerprint density at radius 3 is 2.28 bits per heavy atom. The Morgan fingerprint density at radius 1 is 0.920 bits per heavy atom. The van der Waals surface area contributed by atoms with Crippen LogP contribution in [0.25, 0.3) is 0 Å². The van der Waals surface area contributed by atoms with Gasteiger partial charge in [-0.05, 0) is 37.3 Å². The molecule has 4 amide bonds. The van der Waals surface area contributed by atoms with E-state index in [2.05, 4.69) is 21.3 Å². The lowest BCUT2D eigenvalue weighted by atomic mass is 10.1. The van der Waals surface area contributed by atoms with Gasteiger partial charge in [-0.2, -0.15) is 0 Å². The number of carbonyl (C=O) groups is 3. The summed E-state index contributed by atoms with van der Waals surface area (Å²) >= 11 is 0. The molecule has 0 spiro atoms. The van der Waals surface area contributed by atoms with Gasteiger partial charge in [0, 0.05) is 24.0 Å². The van der Waals surface area contributed by atoms with Crippen molar-refractivity contribution in [2.45, 2.75) is 13.0 Å². The third kappa shape index (κ3) is 5.35. The number of carbonyl (C=O) groups excluding carboxylic acids is 3. The molecule has 0 radical (unpaired) electrons. The first kappa shape index (κ1) is 18.0. The molecule has 0 aromatic heterocycles. The summed E-state index contributed by atoms with van der Waals surface area (Å²) in [7, 11) is 1.55. The molecule has 7 heteroatoms. The molecule has 2 aromatic carbocycles. The number of para-hydroxylation sites is 1. The van der Waals surface area contributed by atoms with Gasteiger partial charge in [-0.15, -0.1) is 0 Å². The first-order valence-electron chi connectivity index (χ1n) is 7.75. The monoisotopic (exact) mass is 340 g/mol. The van der Waals surface area contributed by atoms with E-state index in [0.29, 0.717) is 16.9 Å². The van der Waals surface area contributed by atoms with Crippen LogP contribution in [-0.2, 0) is 4.79 Å². The van der Waals surface area contributed by atoms with Gasteiger partial charge in [0.25, 0.3) is 5.91 Å². The Morgan fingerprint density at radius 2 is 1.60 bits per heavy atom. The molecule has 0 aliphatic carbocycles. The predicted molar refractivity (Wildman–Crippen MR) is 96.5 cm³/mol. The fourth-order valence-corrected chi connectivity index (χ4v) is 2.11. The molecule has 0 fully saturated rings. The van der Waals surface area contributed by atoms with Crippen LogP contribution in [0.5, 0.6) is 0 Å². The molecule has 4 N–H and O–H groups in total. The summed E-state index contributed by atoms with van der Waals surface area (Å²) in [5, 5.41) is 10.3. The summed E-state index contributed by atoms with van der Waals surface area (Å²) in [5.74, 6) is -0.707. The number of hydrogen-bond donors (Lipinski definition) is 4. The zero-order valence-corrected chi connectivity index (χ0v) is 14.0. The number of imide groups is 1. The average molecular weight is 340 g/mol. The van der Waals surface area contributed by atoms with Gasteiger partial charge in [0.2, 0.25) is 5.91 Å². The van der Waals surface area contributed by atoms with Gasteiger partial charge >= 0.3 is 6.03 Å². The second-order valence-electron chi connectivity index (χ2n) is 5.34. The van der Waals surface area contributed by atoms with Crippen LogP contribution in [0.1, 0.15) is 17.3 Å². The third-order valence-electron chi connectivity index (χ3n) is 3.40. The first-order valence-corrected chi connectivity index (χ1v) is 7.75. The second kappa shape index (κ2) is 8.49. The van der Waals surface area contributed by atoms with Crippen molar-refractivity contribution in [2.75, 3.05) is 17.7 Å². The largest absolute Gasteiger partial charge is 0.374 e. The minimum Gasteiger partial charge on any atom is -0.374 e. The Bertz CT molecular complexity index is 762. The summed E-state index contributed by atoms with van der Waals surface area (Å²) in [5.41, 5.74) is 1.67. The van der Waals surface area contributed by atoms with Crippen molar-refractivity contribution in [2.24, 2.45) is 0 Å². The van der Waals surface area contributed by atoms with E-state index in [4.69, 9.17) is 0 Å². The molecule has 7 nitrogen and oxygen atoms in total. The Balaban J connectivity index is 1.92. The molecule has 0 saturated carbocycles. The van der Waals surface area contributed by atoms with Gasteiger partial charge in [0.05, 0.1) is 0 Å². The predicted octanol–water partition coefficient (Wildman–Crippen LogP) is 2.19. The summed E-state index contributed by atoms with van der Waals surface area (Å²) in [6.07, 6.45) is 0. The SMILES string of the molecule is CNC(=O)c1cccc(NC(C)C(=O)NC(=O)Nc2ccccc2)c1. The maximum atomic E-state index is 12.1. The van der Waals surface area contributed by atoms with Gasteiger partial charge < -0.3 is 16.0 Å². The molecule has 2 aromatic rings. The van der Waals surface area contributed by atoms with E-state index in [-0.39, 0.29) is 5.91 Å². The summed E-state index contributed by atoms with van der Waals surface area (Å²) < 4.78 is 0. The first-order chi connectivity index (χ1) is 12.0. The fraction of sp³-hybridized carbons (Fsp3) is 0.167. The Kier molecular flexibility index (Phi) is 6.11. The van der Waals surface area contributed by atoms with Gasteiger partial charge in [-0.3, -0.25) is 14.9 Å². The molecule has 2 rings (SSSR count). The third-order valence-corrected chi connectivity index (χ3v) is 3.40. The van der Waals surface area contributed by atoms with Crippen LogP contribution >= 0.6 is 0 Å². The molecule has 1 atom stereocenters. The van der Waals surface area contributed by atoms with Gasteiger partial charge in [0.15, 0.2) is 0 Å². The fourth-order valence-electron chi connectivity index (χ4n) is 2.11. The zero-order valence-electron chi connectivity index (χ0n) is 14.0. The normalized spacial score (nSPS) is 11.1. The van der Waals surface area contributed by atoms with Crippen LogP contribution in [0.3, 0.4) is 0 Å². The Labute approximate surface area is 145 Å². The van der Waals surface area contributed by atoms with E-state index in [1.54, 1.807) is 62.5 Å². The van der Waals surface area contributed by atoms with Crippen molar-refractivity contribution in [1.82, 2.24) is 10.6 Å². The van der Waals surface area contributed by atoms with Crippen molar-refractivity contribution in [1.29, 1.82) is 0 Å². The second-order valence-corrected chi connectivity index (χ2v) is 5.34. The van der Waals surface area contributed by atoms with Gasteiger partial charge in [-0.1, -0.05) is 24.3 Å². The lowest BCUT2D eigenvalue weighted by molar-refractivity contribution is -0.120. The summed E-state index contributed by atoms with van der Waals surface area (Å²) in [6, 6.07) is 14.3. The van der Waals surface area contributed by atoms with Crippen molar-refractivity contribution >= 4 is 29.2 Å². The molecule has 0 saturated heterocycles. The van der Waals surface area contributed by atoms with Crippen molar-refractivity contribution in [3.05, 3.63) is 60.2 Å². The number of hydrogen-bond acceptors (Lipinski definition) is 4. The van der Waals surface area contributed by atoms with Crippen LogP contribution in [0, 0.1) is 0 Å². The summed E-state index contributed by atoms with van der Waals surface area (Å²) in [6.45, 7) is 1.62. The van der Waals surface area contributed by atoms with Crippen LogP contribution in [0.2, 0.25) is 0 Å². The van der Waals surface area contributed by atoms with E-state index in [1.165, 1.54) is 0 Å². The topological polar surface area (TPSA) is 99.3 Å². The maximum absolute atomic E-state index is 12.1. The minimum absolute atomic E-state index is 0.219. The lowest BCUT2D eigenvalue weighted by Crippen LogP contribution is -2.42. The van der Waals surface area contributed by atoms with E-state index in [1.807, 2.05) is 6.07 Å². The molecular formula is C18H20N4O3. The Hall–Kier alpha value is -3.35. The molecule has 0 heterocycles. The highest BCUT2D eigenvalue weighted by Gasteiger charge is 2.16. The molecule has 1 unspecified atom stereocenters. The van der Waals surface area contributed by atoms with Crippen molar-refractivity contribution in [3.8, 4) is 0 Å². The van der Waals surface area contributed by atoms with Crippen LogP contribution in [-0.4, -0.2) is 30.9 Å². The molecular weight excluding hydrogens is 320 g/mol. The number of rotatable bonds is 5. The molecule has 130 valence electrons. The maximum Gasteiger partial charge on any atom is 0.325 e. The minimum atomic E-state index is -0.665. The molecule has 25 heavy (non-hydrogen) atoms. The highest BCUT2D eigenvalue weighted by atomic mass is 16.2. The quantitative estimate of drug-likeness (QED) is 0.670. The molecule has 0 aliphatic rings. The van der Waals surface area contributed by atoms with Crippen LogP contribution in [0.15, 0.2) is 54.6 Å². The smallest absolute Gasteiger partial charge is 0.325 e. The number of urea groups is 1. The van der Waals surface area contributed by atoms with Crippen LogP contribution < -0.4 is 21.3 Å². The lowest BCUT2D eigenvalue weighted by Gasteiger charge is -2.15. The van der Waals surface area contributed by atoms with Crippen molar-refractivity contribution < 1.29 is 14.4 Å². The highest BCUT2D eigenvalue weighted by Crippen LogP contribution is 2.12. The number of amides is 4. The zero-order chi connectivity index (χ0) is 18.2. The number of benzene rings is 2. The number of anilines is 2. The number of nitrogens with one attached hydrogen (secondary N) is 4. The molecule has 0 bridgehead atoms. The average Bonchev–Trinajstić information content (AvgIpc) is 2.61. The van der Waals surface area contributed by atoms with Crippen LogP contribution in [0.4, 0.5) is 16.2 Å². The van der Waals surface area contributed by atoms with Crippen molar-refractivity contribution in [3.63, 3.8) is 0 Å². The van der Waals surface area contributed by atoms with E-state index >= 15 is 0 Å². The van der Waals surface area contributed by atoms with Gasteiger partial charge in [0.1, 0.15) is 6.04 Å².